The number of aryl methyl sites for hydroxylation is 1. The van der Waals surface area contributed by atoms with Crippen molar-refractivity contribution in [3.8, 4) is 0 Å². The Morgan fingerprint density at radius 3 is 2.52 bits per heavy atom. The maximum atomic E-state index is 2.48. The number of aromatic nitrogens is 1. The van der Waals surface area contributed by atoms with Gasteiger partial charge < -0.3 is 4.57 Å². The second-order valence-electron chi connectivity index (χ2n) is 8.10. The highest BCUT2D eigenvalue weighted by atomic mass is 32.1. The quantitative estimate of drug-likeness (QED) is 0.285. The van der Waals surface area contributed by atoms with Gasteiger partial charge in [-0.1, -0.05) is 49.6 Å². The van der Waals surface area contributed by atoms with E-state index >= 15 is 0 Å². The third-order valence-electron chi connectivity index (χ3n) is 6.61. The van der Waals surface area contributed by atoms with Crippen LogP contribution in [0.3, 0.4) is 0 Å². The molecule has 0 bridgehead atoms. The fourth-order valence-electron chi connectivity index (χ4n) is 5.22. The number of thiophene rings is 1. The number of hydrogen-bond donors (Lipinski definition) is 0. The van der Waals surface area contributed by atoms with Gasteiger partial charge in [-0.25, -0.2) is 0 Å². The van der Waals surface area contributed by atoms with E-state index in [1.165, 1.54) is 74.1 Å². The summed E-state index contributed by atoms with van der Waals surface area (Å²) >= 11 is 1.91. The van der Waals surface area contributed by atoms with Crippen LogP contribution in [0.5, 0.6) is 0 Å². The molecule has 5 aromatic rings. The summed E-state index contributed by atoms with van der Waals surface area (Å²) in [5, 5.41) is 5.66. The third kappa shape index (κ3) is 2.23. The Labute approximate surface area is 163 Å². The highest BCUT2D eigenvalue weighted by molar-refractivity contribution is 7.26. The SMILES string of the molecule is Cn1c2cc(C3CCCCC3)ccc2c2c3c(ccc21)sc1ccccc13. The summed E-state index contributed by atoms with van der Waals surface area (Å²) < 4.78 is 5.19. The maximum absolute atomic E-state index is 2.48. The molecule has 0 unspecified atom stereocenters. The average molecular weight is 370 g/mol. The van der Waals surface area contributed by atoms with Crippen LogP contribution in [0.4, 0.5) is 0 Å². The van der Waals surface area contributed by atoms with Gasteiger partial charge in [-0.05, 0) is 48.6 Å². The fraction of sp³-hybridized carbons (Fsp3) is 0.280. The van der Waals surface area contributed by atoms with Gasteiger partial charge in [0.05, 0.1) is 0 Å². The first-order valence-corrected chi connectivity index (χ1v) is 11.0. The van der Waals surface area contributed by atoms with E-state index in [1.54, 1.807) is 5.56 Å². The van der Waals surface area contributed by atoms with Crippen LogP contribution in [0.2, 0.25) is 0 Å². The van der Waals surface area contributed by atoms with Crippen molar-refractivity contribution in [3.63, 3.8) is 0 Å². The highest BCUT2D eigenvalue weighted by Gasteiger charge is 2.19. The standard InChI is InChI=1S/C25H23NS/c1-26-20-13-14-23-25(19-9-5-6-10-22(19)27-23)24(20)18-12-11-17(15-21(18)26)16-7-3-2-4-8-16/h5-6,9-16H,2-4,7-8H2,1H3. The Kier molecular flexibility index (Phi) is 3.40. The monoisotopic (exact) mass is 369 g/mol. The zero-order chi connectivity index (χ0) is 18.0. The van der Waals surface area contributed by atoms with E-state index in [1.807, 2.05) is 11.3 Å². The first-order valence-electron chi connectivity index (χ1n) is 10.1. The number of rotatable bonds is 1. The van der Waals surface area contributed by atoms with E-state index in [9.17, 15) is 0 Å². The van der Waals surface area contributed by atoms with Crippen molar-refractivity contribution in [1.29, 1.82) is 0 Å². The van der Waals surface area contributed by atoms with Crippen LogP contribution in [0.25, 0.3) is 42.0 Å². The third-order valence-corrected chi connectivity index (χ3v) is 7.75. The maximum Gasteiger partial charge on any atom is 0.0496 e. The van der Waals surface area contributed by atoms with Gasteiger partial charge in [0, 0.05) is 49.0 Å². The number of benzene rings is 3. The minimum absolute atomic E-state index is 0.753. The number of nitrogens with zero attached hydrogens (tertiary/aromatic N) is 1. The largest absolute Gasteiger partial charge is 0.344 e. The van der Waals surface area contributed by atoms with Gasteiger partial charge in [-0.15, -0.1) is 11.3 Å². The van der Waals surface area contributed by atoms with Crippen molar-refractivity contribution < 1.29 is 0 Å². The van der Waals surface area contributed by atoms with Gasteiger partial charge in [-0.2, -0.15) is 0 Å². The molecule has 1 nitrogen and oxygen atoms in total. The normalized spacial score (nSPS) is 16.2. The minimum Gasteiger partial charge on any atom is -0.344 e. The summed E-state index contributed by atoms with van der Waals surface area (Å²) in [5.41, 5.74) is 4.28. The lowest BCUT2D eigenvalue weighted by atomic mass is 9.84. The Hall–Kier alpha value is -2.32. The van der Waals surface area contributed by atoms with Crippen LogP contribution in [0.1, 0.15) is 43.6 Å². The van der Waals surface area contributed by atoms with E-state index in [0.717, 1.165) is 5.92 Å². The van der Waals surface area contributed by atoms with Gasteiger partial charge in [0.2, 0.25) is 0 Å². The lowest BCUT2D eigenvalue weighted by Gasteiger charge is -2.22. The van der Waals surface area contributed by atoms with E-state index < -0.39 is 0 Å². The van der Waals surface area contributed by atoms with Crippen molar-refractivity contribution in [2.45, 2.75) is 38.0 Å². The van der Waals surface area contributed by atoms with Crippen molar-refractivity contribution in [2.75, 3.05) is 0 Å². The van der Waals surface area contributed by atoms with E-state index in [-0.39, 0.29) is 0 Å². The van der Waals surface area contributed by atoms with E-state index in [4.69, 9.17) is 0 Å². The van der Waals surface area contributed by atoms with Crippen LogP contribution in [0.15, 0.2) is 54.6 Å². The fourth-order valence-corrected chi connectivity index (χ4v) is 6.33. The first-order chi connectivity index (χ1) is 13.3. The molecule has 6 rings (SSSR count). The molecule has 3 aromatic carbocycles. The van der Waals surface area contributed by atoms with Crippen LogP contribution < -0.4 is 0 Å². The molecule has 1 saturated carbocycles. The predicted molar refractivity (Wildman–Crippen MR) is 119 cm³/mol. The van der Waals surface area contributed by atoms with Crippen molar-refractivity contribution >= 4 is 53.3 Å². The molecule has 2 heterocycles. The molecule has 0 radical (unpaired) electrons. The summed E-state index contributed by atoms with van der Waals surface area (Å²) in [7, 11) is 2.23. The molecule has 0 N–H and O–H groups in total. The molecule has 134 valence electrons. The van der Waals surface area contributed by atoms with Crippen molar-refractivity contribution in [3.05, 3.63) is 60.2 Å². The summed E-state index contributed by atoms with van der Waals surface area (Å²) in [4.78, 5) is 0. The molecule has 1 aliphatic carbocycles. The van der Waals surface area contributed by atoms with Gasteiger partial charge in [0.25, 0.3) is 0 Å². The molecule has 2 heteroatoms. The van der Waals surface area contributed by atoms with E-state index in [0.29, 0.717) is 0 Å². The zero-order valence-corrected chi connectivity index (χ0v) is 16.5. The Balaban J connectivity index is 1.69. The number of fused-ring (bicyclic) bond motifs is 7. The molecule has 1 aliphatic rings. The Morgan fingerprint density at radius 2 is 1.63 bits per heavy atom. The van der Waals surface area contributed by atoms with Gasteiger partial charge in [0.1, 0.15) is 0 Å². The van der Waals surface area contributed by atoms with Gasteiger partial charge in [0.15, 0.2) is 0 Å². The smallest absolute Gasteiger partial charge is 0.0496 e. The topological polar surface area (TPSA) is 4.93 Å². The molecule has 1 fully saturated rings. The molecule has 0 aliphatic heterocycles. The summed E-state index contributed by atoms with van der Waals surface area (Å²) in [6.45, 7) is 0. The predicted octanol–water partition coefficient (Wildman–Crippen LogP) is 7.75. The van der Waals surface area contributed by atoms with Crippen molar-refractivity contribution in [2.24, 2.45) is 7.05 Å². The Bertz CT molecular complexity index is 1310. The lowest BCUT2D eigenvalue weighted by molar-refractivity contribution is 0.444. The Morgan fingerprint density at radius 1 is 0.778 bits per heavy atom. The molecule has 0 amide bonds. The molecule has 2 aromatic heterocycles. The minimum atomic E-state index is 0.753. The average Bonchev–Trinajstić information content (AvgIpc) is 3.24. The summed E-state index contributed by atoms with van der Waals surface area (Å²) in [6, 6.07) is 20.7. The second kappa shape index (κ2) is 5.84. The molecule has 0 saturated heterocycles. The molecule has 0 spiro atoms. The first kappa shape index (κ1) is 15.7. The molecular weight excluding hydrogens is 346 g/mol. The van der Waals surface area contributed by atoms with Crippen LogP contribution >= 0.6 is 11.3 Å². The zero-order valence-electron chi connectivity index (χ0n) is 15.7. The molecule has 27 heavy (non-hydrogen) atoms. The van der Waals surface area contributed by atoms with Crippen LogP contribution in [0, 0.1) is 0 Å². The molecular formula is C25H23NS. The molecule has 0 atom stereocenters. The van der Waals surface area contributed by atoms with Gasteiger partial charge >= 0.3 is 0 Å². The summed E-state index contributed by atoms with van der Waals surface area (Å²) in [5.74, 6) is 0.753. The summed E-state index contributed by atoms with van der Waals surface area (Å²) in [6.07, 6.45) is 6.90. The number of hydrogen-bond acceptors (Lipinski definition) is 1. The van der Waals surface area contributed by atoms with Crippen LogP contribution in [-0.4, -0.2) is 4.57 Å². The van der Waals surface area contributed by atoms with Crippen LogP contribution in [-0.2, 0) is 7.05 Å². The lowest BCUT2D eigenvalue weighted by Crippen LogP contribution is -2.04. The van der Waals surface area contributed by atoms with E-state index in [2.05, 4.69) is 66.2 Å². The second-order valence-corrected chi connectivity index (χ2v) is 9.19. The highest BCUT2D eigenvalue weighted by Crippen LogP contribution is 2.43. The van der Waals surface area contributed by atoms with Gasteiger partial charge in [-0.3, -0.25) is 0 Å². The van der Waals surface area contributed by atoms with Crippen molar-refractivity contribution in [1.82, 2.24) is 4.57 Å².